The number of hydrogen-bond donors (Lipinski definition) is 1. The van der Waals surface area contributed by atoms with Crippen LogP contribution >= 0.6 is 11.6 Å². The van der Waals surface area contributed by atoms with Crippen molar-refractivity contribution in [2.24, 2.45) is 0 Å². The number of aromatic carboxylic acids is 1. The highest BCUT2D eigenvalue weighted by Crippen LogP contribution is 2.25. The molecule has 0 unspecified atom stereocenters. The molecule has 1 N–H and O–H groups in total. The molecule has 0 saturated carbocycles. The molecule has 0 aliphatic rings. The van der Waals surface area contributed by atoms with Gasteiger partial charge in [-0.15, -0.1) is 0 Å². The minimum absolute atomic E-state index is 0.229. The number of halogens is 1. The first-order valence-electron chi connectivity index (χ1n) is 5.74. The zero-order valence-corrected chi connectivity index (χ0v) is 10.8. The minimum atomic E-state index is -0.969. The van der Waals surface area contributed by atoms with Crippen LogP contribution in [0.4, 0.5) is 0 Å². The molecule has 2 rings (SSSR count). The quantitative estimate of drug-likeness (QED) is 0.848. The average Bonchev–Trinajstić information content (AvgIpc) is 2.70. The SMILES string of the molecule is CCOCCc1cc(C(=O)O)c2c(Cl)cccn12. The lowest BCUT2D eigenvalue weighted by Gasteiger charge is -2.04. The molecule has 0 aliphatic carbocycles. The molecule has 18 heavy (non-hydrogen) atoms. The molecule has 0 aliphatic heterocycles. The van der Waals surface area contributed by atoms with Gasteiger partial charge in [0.05, 0.1) is 22.7 Å². The number of aromatic nitrogens is 1. The van der Waals surface area contributed by atoms with E-state index in [2.05, 4.69) is 0 Å². The Morgan fingerprint density at radius 3 is 3.00 bits per heavy atom. The van der Waals surface area contributed by atoms with Crippen molar-refractivity contribution in [3.63, 3.8) is 0 Å². The van der Waals surface area contributed by atoms with Crippen molar-refractivity contribution < 1.29 is 14.6 Å². The average molecular weight is 268 g/mol. The maximum absolute atomic E-state index is 11.2. The van der Waals surface area contributed by atoms with Crippen molar-refractivity contribution in [2.45, 2.75) is 13.3 Å². The second-order valence-electron chi connectivity index (χ2n) is 3.88. The Kier molecular flexibility index (Phi) is 3.89. The molecule has 2 aromatic rings. The molecule has 0 fully saturated rings. The highest BCUT2D eigenvalue weighted by atomic mass is 35.5. The van der Waals surface area contributed by atoms with Crippen molar-refractivity contribution in [3.05, 3.63) is 40.7 Å². The highest BCUT2D eigenvalue weighted by Gasteiger charge is 2.16. The zero-order chi connectivity index (χ0) is 13.1. The van der Waals surface area contributed by atoms with E-state index in [-0.39, 0.29) is 5.56 Å². The molecule has 2 aromatic heterocycles. The maximum atomic E-state index is 11.2. The lowest BCUT2D eigenvalue weighted by atomic mass is 10.2. The Bertz CT molecular complexity index is 577. The van der Waals surface area contributed by atoms with E-state index in [1.807, 2.05) is 17.5 Å². The second kappa shape index (κ2) is 5.42. The normalized spacial score (nSPS) is 11.0. The number of fused-ring (bicyclic) bond motifs is 1. The van der Waals surface area contributed by atoms with E-state index in [0.29, 0.717) is 30.2 Å². The number of rotatable bonds is 5. The Labute approximate surface area is 110 Å². The third kappa shape index (κ3) is 2.35. The predicted octanol–water partition coefficient (Wildman–Crippen LogP) is 2.87. The van der Waals surface area contributed by atoms with Crippen LogP contribution in [0.1, 0.15) is 23.0 Å². The number of ether oxygens (including phenoxy) is 1. The van der Waals surface area contributed by atoms with Gasteiger partial charge in [-0.1, -0.05) is 11.6 Å². The van der Waals surface area contributed by atoms with Gasteiger partial charge in [0.1, 0.15) is 0 Å². The van der Waals surface area contributed by atoms with Crippen LogP contribution in [0.25, 0.3) is 5.52 Å². The topological polar surface area (TPSA) is 50.9 Å². The highest BCUT2D eigenvalue weighted by molar-refractivity contribution is 6.34. The van der Waals surface area contributed by atoms with Crippen LogP contribution < -0.4 is 0 Å². The molecule has 0 bridgehead atoms. The van der Waals surface area contributed by atoms with E-state index in [9.17, 15) is 9.90 Å². The molecule has 0 spiro atoms. The van der Waals surface area contributed by atoms with E-state index in [1.165, 1.54) is 0 Å². The smallest absolute Gasteiger partial charge is 0.337 e. The van der Waals surface area contributed by atoms with Crippen molar-refractivity contribution in [3.8, 4) is 0 Å². The molecule has 0 radical (unpaired) electrons. The summed E-state index contributed by atoms with van der Waals surface area (Å²) in [5.74, 6) is -0.969. The first-order chi connectivity index (χ1) is 8.65. The molecule has 5 heteroatoms. The summed E-state index contributed by atoms with van der Waals surface area (Å²) in [7, 11) is 0. The number of carboxylic acid groups (broad SMARTS) is 1. The van der Waals surface area contributed by atoms with Crippen molar-refractivity contribution in [1.29, 1.82) is 0 Å². The van der Waals surface area contributed by atoms with Gasteiger partial charge in [0.2, 0.25) is 0 Å². The van der Waals surface area contributed by atoms with E-state index in [1.54, 1.807) is 18.2 Å². The molecular formula is C13H14ClNO3. The second-order valence-corrected chi connectivity index (χ2v) is 4.28. The van der Waals surface area contributed by atoms with Gasteiger partial charge in [0.15, 0.2) is 0 Å². The van der Waals surface area contributed by atoms with Crippen LogP contribution in [0.3, 0.4) is 0 Å². The van der Waals surface area contributed by atoms with Crippen molar-refractivity contribution in [1.82, 2.24) is 4.40 Å². The van der Waals surface area contributed by atoms with E-state index in [4.69, 9.17) is 16.3 Å². The van der Waals surface area contributed by atoms with Gasteiger partial charge < -0.3 is 14.2 Å². The van der Waals surface area contributed by atoms with Crippen molar-refractivity contribution in [2.75, 3.05) is 13.2 Å². The summed E-state index contributed by atoms with van der Waals surface area (Å²) in [6, 6.07) is 5.14. The zero-order valence-electron chi connectivity index (χ0n) is 10.0. The molecule has 0 aromatic carbocycles. The third-order valence-electron chi connectivity index (χ3n) is 2.76. The fraction of sp³-hybridized carbons (Fsp3) is 0.308. The molecular weight excluding hydrogens is 254 g/mol. The third-order valence-corrected chi connectivity index (χ3v) is 3.06. The van der Waals surface area contributed by atoms with Gasteiger partial charge in [0, 0.05) is 24.9 Å². The Balaban J connectivity index is 2.48. The molecule has 0 saturated heterocycles. The fourth-order valence-corrected chi connectivity index (χ4v) is 2.23. The number of hydrogen-bond acceptors (Lipinski definition) is 2. The molecule has 0 atom stereocenters. The monoisotopic (exact) mass is 267 g/mol. The molecule has 2 heterocycles. The van der Waals surface area contributed by atoms with Crippen LogP contribution in [0, 0.1) is 0 Å². The standard InChI is InChI=1S/C13H14ClNO3/c1-2-18-7-5-9-8-10(13(16)17)12-11(14)4-3-6-15(9)12/h3-4,6,8H,2,5,7H2,1H3,(H,16,17). The van der Waals surface area contributed by atoms with Crippen LogP contribution in [-0.2, 0) is 11.2 Å². The summed E-state index contributed by atoms with van der Waals surface area (Å²) in [6.45, 7) is 3.14. The predicted molar refractivity (Wildman–Crippen MR) is 69.6 cm³/mol. The lowest BCUT2D eigenvalue weighted by Crippen LogP contribution is -2.00. The van der Waals surface area contributed by atoms with Crippen LogP contribution in [0.5, 0.6) is 0 Å². The van der Waals surface area contributed by atoms with Gasteiger partial charge in [-0.25, -0.2) is 4.79 Å². The van der Waals surface area contributed by atoms with Gasteiger partial charge in [-0.2, -0.15) is 0 Å². The summed E-state index contributed by atoms with van der Waals surface area (Å²) < 4.78 is 7.10. The Morgan fingerprint density at radius 1 is 1.56 bits per heavy atom. The van der Waals surface area contributed by atoms with Crippen LogP contribution in [0.2, 0.25) is 5.02 Å². The summed E-state index contributed by atoms with van der Waals surface area (Å²) in [5.41, 5.74) is 1.66. The lowest BCUT2D eigenvalue weighted by molar-refractivity contribution is 0.0699. The maximum Gasteiger partial charge on any atom is 0.337 e. The van der Waals surface area contributed by atoms with Gasteiger partial charge in [-0.3, -0.25) is 0 Å². The van der Waals surface area contributed by atoms with E-state index >= 15 is 0 Å². The Hall–Kier alpha value is -1.52. The fourth-order valence-electron chi connectivity index (χ4n) is 1.96. The number of carbonyl (C=O) groups is 1. The summed E-state index contributed by atoms with van der Waals surface area (Å²) >= 11 is 6.07. The van der Waals surface area contributed by atoms with Crippen molar-refractivity contribution >= 4 is 23.1 Å². The van der Waals surface area contributed by atoms with Gasteiger partial charge in [-0.05, 0) is 25.1 Å². The first-order valence-corrected chi connectivity index (χ1v) is 6.12. The molecule has 96 valence electrons. The largest absolute Gasteiger partial charge is 0.478 e. The van der Waals surface area contributed by atoms with E-state index < -0.39 is 5.97 Å². The number of pyridine rings is 1. The van der Waals surface area contributed by atoms with Gasteiger partial charge in [0.25, 0.3) is 0 Å². The summed E-state index contributed by atoms with van der Waals surface area (Å²) in [6.07, 6.45) is 2.47. The van der Waals surface area contributed by atoms with E-state index in [0.717, 1.165) is 5.69 Å². The van der Waals surface area contributed by atoms with Gasteiger partial charge >= 0.3 is 5.97 Å². The first kappa shape index (κ1) is 12.9. The summed E-state index contributed by atoms with van der Waals surface area (Å²) in [4.78, 5) is 11.2. The van der Waals surface area contributed by atoms with Crippen LogP contribution in [0.15, 0.2) is 24.4 Å². The molecule has 4 nitrogen and oxygen atoms in total. The number of carboxylic acids is 1. The summed E-state index contributed by atoms with van der Waals surface area (Å²) in [5, 5.41) is 9.63. The number of nitrogens with zero attached hydrogens (tertiary/aromatic N) is 1. The molecule has 0 amide bonds. The minimum Gasteiger partial charge on any atom is -0.478 e. The Morgan fingerprint density at radius 2 is 2.33 bits per heavy atom. The van der Waals surface area contributed by atoms with Crippen LogP contribution in [-0.4, -0.2) is 28.7 Å².